The fourth-order valence-corrected chi connectivity index (χ4v) is 3.77. The zero-order chi connectivity index (χ0) is 10.3. The normalized spacial score (nSPS) is 43.0. The van der Waals surface area contributed by atoms with Crippen LogP contribution >= 0.6 is 0 Å². The Morgan fingerprint density at radius 3 is 2.71 bits per heavy atom. The van der Waals surface area contributed by atoms with Crippen molar-refractivity contribution in [2.45, 2.75) is 52.9 Å². The molecule has 0 amide bonds. The van der Waals surface area contributed by atoms with Crippen LogP contribution < -0.4 is 0 Å². The van der Waals surface area contributed by atoms with Gasteiger partial charge in [-0.05, 0) is 43.4 Å². The summed E-state index contributed by atoms with van der Waals surface area (Å²) < 4.78 is 0. The molecule has 0 N–H and O–H groups in total. The van der Waals surface area contributed by atoms with Crippen LogP contribution in [0.25, 0.3) is 0 Å². The molecule has 0 spiro atoms. The number of fused-ring (bicyclic) bond motifs is 1. The predicted octanol–water partition coefficient (Wildman–Crippen LogP) is 3.43. The highest BCUT2D eigenvalue weighted by molar-refractivity contribution is 5.85. The van der Waals surface area contributed by atoms with Crippen molar-refractivity contribution in [1.82, 2.24) is 0 Å². The molecule has 0 bridgehead atoms. The summed E-state index contributed by atoms with van der Waals surface area (Å²) >= 11 is 0. The van der Waals surface area contributed by atoms with E-state index in [1.165, 1.54) is 12.8 Å². The van der Waals surface area contributed by atoms with Crippen molar-refractivity contribution >= 4 is 5.78 Å². The first-order chi connectivity index (χ1) is 6.55. The van der Waals surface area contributed by atoms with E-state index in [9.17, 15) is 4.79 Å². The summed E-state index contributed by atoms with van der Waals surface area (Å²) in [7, 11) is 0. The second-order valence-electron chi connectivity index (χ2n) is 5.79. The molecule has 1 unspecified atom stereocenters. The van der Waals surface area contributed by atoms with Gasteiger partial charge in [0.15, 0.2) is 0 Å². The molecule has 1 heteroatoms. The van der Waals surface area contributed by atoms with E-state index >= 15 is 0 Å². The van der Waals surface area contributed by atoms with E-state index in [1.807, 2.05) is 0 Å². The maximum absolute atomic E-state index is 12.0. The van der Waals surface area contributed by atoms with Gasteiger partial charge in [-0.1, -0.05) is 20.8 Å². The second kappa shape index (κ2) is 3.36. The van der Waals surface area contributed by atoms with Crippen LogP contribution in [-0.2, 0) is 4.79 Å². The minimum atomic E-state index is 0.0627. The predicted molar refractivity (Wildman–Crippen MR) is 58.0 cm³/mol. The topological polar surface area (TPSA) is 17.1 Å². The average Bonchev–Trinajstić information content (AvgIpc) is 2.45. The number of hydrogen-bond acceptors (Lipinski definition) is 1. The van der Waals surface area contributed by atoms with Crippen molar-refractivity contribution in [1.29, 1.82) is 0 Å². The lowest BCUT2D eigenvalue weighted by Crippen LogP contribution is -2.38. The van der Waals surface area contributed by atoms with Crippen LogP contribution in [0.3, 0.4) is 0 Å². The lowest BCUT2D eigenvalue weighted by molar-refractivity contribution is -0.133. The third-order valence-corrected chi connectivity index (χ3v) is 4.74. The standard InChI is InChI=1S/C13H22O/c1-9(2)10-7-8-13(3)11(10)5-4-6-12(13)14/h9-11H,4-8H2,1-3H3/t10?,11-,13-/m1/s1. The first-order valence-electron chi connectivity index (χ1n) is 6.09. The number of Topliss-reactive ketones (excluding diaryl/α,β-unsaturated/α-hetero) is 1. The molecule has 0 aromatic carbocycles. The number of rotatable bonds is 1. The van der Waals surface area contributed by atoms with Gasteiger partial charge in [-0.25, -0.2) is 0 Å². The molecule has 2 aliphatic carbocycles. The van der Waals surface area contributed by atoms with Crippen molar-refractivity contribution in [3.05, 3.63) is 0 Å². The lowest BCUT2D eigenvalue weighted by atomic mass is 9.65. The van der Waals surface area contributed by atoms with Crippen LogP contribution in [0.5, 0.6) is 0 Å². The van der Waals surface area contributed by atoms with Gasteiger partial charge in [0.25, 0.3) is 0 Å². The largest absolute Gasteiger partial charge is 0.299 e. The van der Waals surface area contributed by atoms with Gasteiger partial charge in [0.1, 0.15) is 5.78 Å². The van der Waals surface area contributed by atoms with Crippen LogP contribution in [0, 0.1) is 23.2 Å². The Balaban J connectivity index is 2.22. The highest BCUT2D eigenvalue weighted by Crippen LogP contribution is 2.54. The van der Waals surface area contributed by atoms with Crippen molar-refractivity contribution in [3.63, 3.8) is 0 Å². The number of carbonyl (C=O) groups excluding carboxylic acids is 1. The van der Waals surface area contributed by atoms with Gasteiger partial charge in [-0.3, -0.25) is 4.79 Å². The van der Waals surface area contributed by atoms with Gasteiger partial charge in [0.2, 0.25) is 0 Å². The van der Waals surface area contributed by atoms with Crippen LogP contribution in [-0.4, -0.2) is 5.78 Å². The summed E-state index contributed by atoms with van der Waals surface area (Å²) in [6, 6.07) is 0. The molecule has 2 rings (SSSR count). The smallest absolute Gasteiger partial charge is 0.139 e. The molecule has 1 nitrogen and oxygen atoms in total. The molecule has 0 saturated heterocycles. The molecule has 0 radical (unpaired) electrons. The van der Waals surface area contributed by atoms with Crippen LogP contribution in [0.4, 0.5) is 0 Å². The van der Waals surface area contributed by atoms with Gasteiger partial charge < -0.3 is 0 Å². The van der Waals surface area contributed by atoms with Crippen molar-refractivity contribution in [3.8, 4) is 0 Å². The molecule has 2 saturated carbocycles. The third-order valence-electron chi connectivity index (χ3n) is 4.74. The SMILES string of the molecule is CC(C)C1CC[C@@]2(C)C(=O)CCC[C@H]12. The molecule has 2 aliphatic rings. The van der Waals surface area contributed by atoms with E-state index in [4.69, 9.17) is 0 Å². The summed E-state index contributed by atoms with van der Waals surface area (Å²) in [5, 5.41) is 0. The van der Waals surface area contributed by atoms with Gasteiger partial charge in [0.05, 0.1) is 0 Å². The van der Waals surface area contributed by atoms with E-state index in [1.54, 1.807) is 0 Å². The zero-order valence-corrected chi connectivity index (χ0v) is 9.68. The first kappa shape index (κ1) is 10.2. The molecular formula is C13H22O. The summed E-state index contributed by atoms with van der Waals surface area (Å²) in [6.07, 6.45) is 5.72. The molecule has 0 aromatic heterocycles. The zero-order valence-electron chi connectivity index (χ0n) is 9.68. The molecule has 0 aliphatic heterocycles. The Bertz CT molecular complexity index is 244. The fraction of sp³-hybridized carbons (Fsp3) is 0.923. The third kappa shape index (κ3) is 1.32. The van der Waals surface area contributed by atoms with Crippen LogP contribution in [0.15, 0.2) is 0 Å². The van der Waals surface area contributed by atoms with E-state index in [-0.39, 0.29) is 5.41 Å². The first-order valence-corrected chi connectivity index (χ1v) is 6.09. The van der Waals surface area contributed by atoms with Gasteiger partial charge in [0, 0.05) is 11.8 Å². The molecule has 14 heavy (non-hydrogen) atoms. The van der Waals surface area contributed by atoms with Crippen molar-refractivity contribution < 1.29 is 4.79 Å². The second-order valence-corrected chi connectivity index (χ2v) is 5.79. The molecule has 3 atom stereocenters. The highest BCUT2D eigenvalue weighted by atomic mass is 16.1. The van der Waals surface area contributed by atoms with Crippen LogP contribution in [0.2, 0.25) is 0 Å². The lowest BCUT2D eigenvalue weighted by Gasteiger charge is -2.38. The van der Waals surface area contributed by atoms with Crippen LogP contribution in [0.1, 0.15) is 52.9 Å². The molecule has 80 valence electrons. The highest BCUT2D eigenvalue weighted by Gasteiger charge is 2.51. The van der Waals surface area contributed by atoms with Crippen molar-refractivity contribution in [2.24, 2.45) is 23.2 Å². The van der Waals surface area contributed by atoms with Crippen molar-refractivity contribution in [2.75, 3.05) is 0 Å². The van der Waals surface area contributed by atoms with E-state index in [0.717, 1.165) is 31.1 Å². The monoisotopic (exact) mass is 194 g/mol. The Hall–Kier alpha value is -0.330. The Labute approximate surface area is 87.3 Å². The van der Waals surface area contributed by atoms with E-state index in [2.05, 4.69) is 20.8 Å². The molecular weight excluding hydrogens is 172 g/mol. The summed E-state index contributed by atoms with van der Waals surface area (Å²) in [5.41, 5.74) is 0.0627. The Morgan fingerprint density at radius 1 is 1.36 bits per heavy atom. The van der Waals surface area contributed by atoms with Gasteiger partial charge in [-0.2, -0.15) is 0 Å². The average molecular weight is 194 g/mol. The quantitative estimate of drug-likeness (QED) is 0.625. The summed E-state index contributed by atoms with van der Waals surface area (Å²) in [4.78, 5) is 12.0. The number of hydrogen-bond donors (Lipinski definition) is 0. The minimum Gasteiger partial charge on any atom is -0.299 e. The maximum Gasteiger partial charge on any atom is 0.139 e. The Morgan fingerprint density at radius 2 is 2.07 bits per heavy atom. The number of ketones is 1. The van der Waals surface area contributed by atoms with E-state index in [0.29, 0.717) is 11.7 Å². The van der Waals surface area contributed by atoms with E-state index < -0.39 is 0 Å². The molecule has 0 heterocycles. The fourth-order valence-electron chi connectivity index (χ4n) is 3.77. The summed E-state index contributed by atoms with van der Waals surface area (Å²) in [5.74, 6) is 2.82. The number of carbonyl (C=O) groups is 1. The summed E-state index contributed by atoms with van der Waals surface area (Å²) in [6.45, 7) is 6.85. The van der Waals surface area contributed by atoms with Gasteiger partial charge in [-0.15, -0.1) is 0 Å². The Kier molecular flexibility index (Phi) is 2.45. The van der Waals surface area contributed by atoms with Gasteiger partial charge >= 0.3 is 0 Å². The minimum absolute atomic E-state index is 0.0627. The maximum atomic E-state index is 12.0. The molecule has 2 fully saturated rings. The molecule has 0 aromatic rings.